The highest BCUT2D eigenvalue weighted by molar-refractivity contribution is 5.94. The lowest BCUT2D eigenvalue weighted by Gasteiger charge is -2.37. The van der Waals surface area contributed by atoms with E-state index in [1.165, 1.54) is 0 Å². The van der Waals surface area contributed by atoms with Crippen molar-refractivity contribution in [2.24, 2.45) is 5.92 Å². The lowest BCUT2D eigenvalue weighted by Crippen LogP contribution is -2.59. The summed E-state index contributed by atoms with van der Waals surface area (Å²) in [5.41, 5.74) is 1.87. The molecular weight excluding hydrogens is 242 g/mol. The minimum absolute atomic E-state index is 0.0525. The van der Waals surface area contributed by atoms with Crippen LogP contribution in [0.4, 0.5) is 0 Å². The molecule has 1 fully saturated rings. The summed E-state index contributed by atoms with van der Waals surface area (Å²) in [6.45, 7) is 6.32. The summed E-state index contributed by atoms with van der Waals surface area (Å²) in [4.78, 5) is 29.9. The van der Waals surface area contributed by atoms with Gasteiger partial charge in [-0.15, -0.1) is 0 Å². The van der Waals surface area contributed by atoms with Gasteiger partial charge in [0.15, 0.2) is 0 Å². The highest BCUT2D eigenvalue weighted by Gasteiger charge is 2.36. The average Bonchev–Trinajstić information content (AvgIpc) is 2.36. The number of piperazine rings is 1. The first-order valence-electron chi connectivity index (χ1n) is 6.48. The van der Waals surface area contributed by atoms with Gasteiger partial charge in [-0.3, -0.25) is 14.6 Å². The molecule has 5 nitrogen and oxygen atoms in total. The van der Waals surface area contributed by atoms with Gasteiger partial charge in [0.25, 0.3) is 0 Å². The van der Waals surface area contributed by atoms with Gasteiger partial charge in [0.2, 0.25) is 11.8 Å². The molecular formula is C14H19N3O2. The summed E-state index contributed by atoms with van der Waals surface area (Å²) in [7, 11) is 0. The molecule has 2 amide bonds. The zero-order valence-electron chi connectivity index (χ0n) is 11.5. The van der Waals surface area contributed by atoms with Crippen molar-refractivity contribution in [3.63, 3.8) is 0 Å². The number of aryl methyl sites for hydroxylation is 1. The summed E-state index contributed by atoms with van der Waals surface area (Å²) < 4.78 is 0. The maximum Gasteiger partial charge on any atom is 0.243 e. The fourth-order valence-electron chi connectivity index (χ4n) is 2.36. The number of carbonyl (C=O) groups is 2. The Bertz CT molecular complexity index is 499. The third kappa shape index (κ3) is 2.75. The van der Waals surface area contributed by atoms with E-state index in [0.29, 0.717) is 6.54 Å². The SMILES string of the molecule is Cc1cccnc1CN1C(=O)CNC(=O)C1C(C)C. The molecule has 1 aromatic rings. The number of hydrogen-bond acceptors (Lipinski definition) is 3. The zero-order chi connectivity index (χ0) is 14.0. The smallest absolute Gasteiger partial charge is 0.243 e. The van der Waals surface area contributed by atoms with E-state index in [1.807, 2.05) is 32.9 Å². The van der Waals surface area contributed by atoms with Crippen molar-refractivity contribution in [2.45, 2.75) is 33.4 Å². The second-order valence-corrected chi connectivity index (χ2v) is 5.20. The van der Waals surface area contributed by atoms with Gasteiger partial charge in [-0.2, -0.15) is 0 Å². The standard InChI is InChI=1S/C14H19N3O2/c1-9(2)13-14(19)16-7-12(18)17(13)8-11-10(3)5-4-6-15-11/h4-6,9,13H,7-8H2,1-3H3,(H,16,19). The van der Waals surface area contributed by atoms with Crippen LogP contribution < -0.4 is 5.32 Å². The Morgan fingerprint density at radius 2 is 2.21 bits per heavy atom. The zero-order valence-corrected chi connectivity index (χ0v) is 11.5. The van der Waals surface area contributed by atoms with Gasteiger partial charge in [-0.25, -0.2) is 0 Å². The van der Waals surface area contributed by atoms with Gasteiger partial charge >= 0.3 is 0 Å². The van der Waals surface area contributed by atoms with Crippen molar-refractivity contribution in [3.05, 3.63) is 29.6 Å². The first-order chi connectivity index (χ1) is 9.00. The maximum atomic E-state index is 12.1. The Morgan fingerprint density at radius 3 is 2.84 bits per heavy atom. The van der Waals surface area contributed by atoms with Crippen LogP contribution in [-0.4, -0.2) is 34.3 Å². The molecule has 1 N–H and O–H groups in total. The average molecular weight is 261 g/mol. The second-order valence-electron chi connectivity index (χ2n) is 5.20. The number of rotatable bonds is 3. The minimum atomic E-state index is -0.414. The van der Waals surface area contributed by atoms with Gasteiger partial charge in [-0.05, 0) is 24.5 Å². The summed E-state index contributed by atoms with van der Waals surface area (Å²) in [6.07, 6.45) is 1.71. The molecule has 1 saturated heterocycles. The van der Waals surface area contributed by atoms with Crippen LogP contribution in [0.25, 0.3) is 0 Å². The molecule has 0 spiro atoms. The van der Waals surface area contributed by atoms with E-state index >= 15 is 0 Å². The van der Waals surface area contributed by atoms with E-state index in [-0.39, 0.29) is 24.3 Å². The Morgan fingerprint density at radius 1 is 1.47 bits per heavy atom. The Labute approximate surface area is 113 Å². The van der Waals surface area contributed by atoms with Crippen LogP contribution in [0, 0.1) is 12.8 Å². The molecule has 1 aliphatic rings. The van der Waals surface area contributed by atoms with Crippen LogP contribution in [0.1, 0.15) is 25.1 Å². The lowest BCUT2D eigenvalue weighted by atomic mass is 9.99. The molecule has 5 heteroatoms. The molecule has 2 heterocycles. The van der Waals surface area contributed by atoms with Crippen LogP contribution >= 0.6 is 0 Å². The topological polar surface area (TPSA) is 62.3 Å². The third-order valence-corrected chi connectivity index (χ3v) is 3.41. The number of hydrogen-bond donors (Lipinski definition) is 1. The molecule has 2 rings (SSSR count). The fraction of sp³-hybridized carbons (Fsp3) is 0.500. The first kappa shape index (κ1) is 13.5. The first-order valence-corrected chi connectivity index (χ1v) is 6.48. The number of aromatic nitrogens is 1. The quantitative estimate of drug-likeness (QED) is 0.878. The van der Waals surface area contributed by atoms with Gasteiger partial charge in [0, 0.05) is 6.20 Å². The van der Waals surface area contributed by atoms with Gasteiger partial charge < -0.3 is 10.2 Å². The Kier molecular flexibility index (Phi) is 3.83. The number of amides is 2. The molecule has 102 valence electrons. The second kappa shape index (κ2) is 5.38. The number of nitrogens with one attached hydrogen (secondary N) is 1. The fourth-order valence-corrected chi connectivity index (χ4v) is 2.36. The van der Waals surface area contributed by atoms with E-state index in [9.17, 15) is 9.59 Å². The van der Waals surface area contributed by atoms with Gasteiger partial charge in [0.1, 0.15) is 6.04 Å². The predicted molar refractivity (Wildman–Crippen MR) is 71.2 cm³/mol. The van der Waals surface area contributed by atoms with Crippen molar-refractivity contribution in [3.8, 4) is 0 Å². The van der Waals surface area contributed by atoms with Crippen molar-refractivity contribution in [1.29, 1.82) is 0 Å². The normalized spacial score (nSPS) is 19.8. The molecule has 0 radical (unpaired) electrons. The molecule has 19 heavy (non-hydrogen) atoms. The third-order valence-electron chi connectivity index (χ3n) is 3.41. The predicted octanol–water partition coefficient (Wildman–Crippen LogP) is 0.873. The highest BCUT2D eigenvalue weighted by atomic mass is 16.2. The molecule has 0 saturated carbocycles. The van der Waals surface area contributed by atoms with Crippen LogP contribution in [-0.2, 0) is 16.1 Å². The summed E-state index contributed by atoms with van der Waals surface area (Å²) in [6, 6.07) is 3.41. The molecule has 1 atom stereocenters. The summed E-state index contributed by atoms with van der Waals surface area (Å²) in [5.74, 6) is -0.0557. The minimum Gasteiger partial charge on any atom is -0.345 e. The van der Waals surface area contributed by atoms with Crippen molar-refractivity contribution in [2.75, 3.05) is 6.54 Å². The van der Waals surface area contributed by atoms with Crippen molar-refractivity contribution >= 4 is 11.8 Å². The molecule has 1 unspecified atom stereocenters. The number of pyridine rings is 1. The highest BCUT2D eigenvalue weighted by Crippen LogP contribution is 2.18. The van der Waals surface area contributed by atoms with E-state index in [1.54, 1.807) is 11.1 Å². The monoisotopic (exact) mass is 261 g/mol. The maximum absolute atomic E-state index is 12.1. The van der Waals surface area contributed by atoms with Crippen molar-refractivity contribution in [1.82, 2.24) is 15.2 Å². The van der Waals surface area contributed by atoms with E-state index in [2.05, 4.69) is 10.3 Å². The van der Waals surface area contributed by atoms with E-state index < -0.39 is 6.04 Å². The summed E-state index contributed by atoms with van der Waals surface area (Å²) in [5, 5.41) is 2.64. The molecule has 0 aromatic carbocycles. The van der Waals surface area contributed by atoms with Crippen molar-refractivity contribution < 1.29 is 9.59 Å². The molecule has 0 aliphatic carbocycles. The Hall–Kier alpha value is -1.91. The van der Waals surface area contributed by atoms with Crippen LogP contribution in [0.15, 0.2) is 18.3 Å². The van der Waals surface area contributed by atoms with E-state index in [0.717, 1.165) is 11.3 Å². The molecule has 1 aromatic heterocycles. The number of nitrogens with zero attached hydrogens (tertiary/aromatic N) is 2. The van der Waals surface area contributed by atoms with Gasteiger partial charge in [-0.1, -0.05) is 19.9 Å². The molecule has 0 bridgehead atoms. The number of carbonyl (C=O) groups excluding carboxylic acids is 2. The van der Waals surface area contributed by atoms with Crippen LogP contribution in [0.3, 0.4) is 0 Å². The Balaban J connectivity index is 2.26. The largest absolute Gasteiger partial charge is 0.345 e. The van der Waals surface area contributed by atoms with Gasteiger partial charge in [0.05, 0.1) is 18.8 Å². The summed E-state index contributed by atoms with van der Waals surface area (Å²) >= 11 is 0. The lowest BCUT2D eigenvalue weighted by molar-refractivity contribution is -0.148. The van der Waals surface area contributed by atoms with Crippen LogP contribution in [0.5, 0.6) is 0 Å². The van der Waals surface area contributed by atoms with E-state index in [4.69, 9.17) is 0 Å². The molecule has 1 aliphatic heterocycles. The van der Waals surface area contributed by atoms with Crippen LogP contribution in [0.2, 0.25) is 0 Å².